The van der Waals surface area contributed by atoms with Gasteiger partial charge in [-0.15, -0.1) is 0 Å². The number of nitrogens with one attached hydrogen (secondary N) is 1. The number of aliphatic hydroxyl groups excluding tert-OH is 1. The molecule has 0 bridgehead atoms. The zero-order chi connectivity index (χ0) is 19.5. The van der Waals surface area contributed by atoms with Crippen molar-refractivity contribution >= 4 is 28.4 Å². The number of pyridine rings is 2. The monoisotopic (exact) mass is 401 g/mol. The van der Waals surface area contributed by atoms with Crippen molar-refractivity contribution in [3.63, 3.8) is 0 Å². The molecule has 4 rings (SSSR count). The van der Waals surface area contributed by atoms with Gasteiger partial charge < -0.3 is 15.2 Å². The average Bonchev–Trinajstić information content (AvgIpc) is 3.42. The van der Waals surface area contributed by atoms with Crippen LogP contribution in [0.25, 0.3) is 10.9 Å². The van der Waals surface area contributed by atoms with Gasteiger partial charge in [0.25, 0.3) is 5.91 Å². The number of halogens is 1. The van der Waals surface area contributed by atoms with E-state index in [1.807, 2.05) is 6.07 Å². The molecule has 0 spiro atoms. The fourth-order valence-electron chi connectivity index (χ4n) is 2.83. The molecular weight excluding hydrogens is 382 g/mol. The van der Waals surface area contributed by atoms with Crippen molar-refractivity contribution in [2.45, 2.75) is 19.4 Å². The summed E-state index contributed by atoms with van der Waals surface area (Å²) in [6.45, 7) is 1.15. The van der Waals surface area contributed by atoms with E-state index in [-0.39, 0.29) is 24.8 Å². The fourth-order valence-corrected chi connectivity index (χ4v) is 3.08. The summed E-state index contributed by atoms with van der Waals surface area (Å²) in [5.74, 6) is 0.738. The van der Waals surface area contributed by atoms with Crippen molar-refractivity contribution in [3.05, 3.63) is 47.0 Å². The Morgan fingerprint density at radius 1 is 1.39 bits per heavy atom. The van der Waals surface area contributed by atoms with Crippen molar-refractivity contribution < 1.29 is 14.6 Å². The zero-order valence-corrected chi connectivity index (χ0v) is 15.9. The number of carbonyl (C=O) groups excluding carboxylic acids is 1. The van der Waals surface area contributed by atoms with Gasteiger partial charge in [-0.25, -0.2) is 4.98 Å². The van der Waals surface area contributed by atoms with Gasteiger partial charge in [-0.3, -0.25) is 14.5 Å². The number of hydrogen-bond acceptors (Lipinski definition) is 6. The van der Waals surface area contributed by atoms with Crippen LogP contribution in [0, 0.1) is 5.92 Å². The smallest absolute Gasteiger partial charge is 0.270 e. The van der Waals surface area contributed by atoms with Crippen molar-refractivity contribution in [3.8, 4) is 5.88 Å². The van der Waals surface area contributed by atoms with Crippen LogP contribution < -0.4 is 10.1 Å². The highest BCUT2D eigenvalue weighted by molar-refractivity contribution is 6.31. The number of rotatable bonds is 8. The molecule has 3 aromatic rings. The van der Waals surface area contributed by atoms with Crippen LogP contribution in [0.3, 0.4) is 0 Å². The van der Waals surface area contributed by atoms with Crippen molar-refractivity contribution in [2.24, 2.45) is 5.92 Å². The lowest BCUT2D eigenvalue weighted by molar-refractivity contribution is 0.0941. The second-order valence-electron chi connectivity index (χ2n) is 6.78. The van der Waals surface area contributed by atoms with Gasteiger partial charge in [0.2, 0.25) is 5.88 Å². The molecule has 2 N–H and O–H groups in total. The number of aromatic nitrogens is 4. The Hall–Kier alpha value is -2.71. The third-order valence-electron chi connectivity index (χ3n) is 4.46. The van der Waals surface area contributed by atoms with Gasteiger partial charge in [-0.05, 0) is 36.5 Å². The Morgan fingerprint density at radius 3 is 3.00 bits per heavy atom. The summed E-state index contributed by atoms with van der Waals surface area (Å²) in [4.78, 5) is 20.7. The second kappa shape index (κ2) is 8.12. The molecule has 1 aliphatic rings. The van der Waals surface area contributed by atoms with Crippen LogP contribution in [0.4, 0.5) is 0 Å². The molecule has 0 radical (unpaired) electrons. The first kappa shape index (κ1) is 18.6. The third-order valence-corrected chi connectivity index (χ3v) is 4.73. The number of ether oxygens (including phenoxy) is 1. The largest absolute Gasteiger partial charge is 0.476 e. The quantitative estimate of drug-likeness (QED) is 0.598. The van der Waals surface area contributed by atoms with Gasteiger partial charge in [0, 0.05) is 25.1 Å². The Balaban J connectivity index is 1.51. The maximum Gasteiger partial charge on any atom is 0.270 e. The molecule has 0 saturated heterocycles. The van der Waals surface area contributed by atoms with Gasteiger partial charge in [0.1, 0.15) is 10.7 Å². The molecule has 0 aliphatic heterocycles. The molecule has 8 nitrogen and oxygen atoms in total. The Bertz CT molecular complexity index is 1000. The van der Waals surface area contributed by atoms with Crippen LogP contribution in [0.15, 0.2) is 30.7 Å². The van der Waals surface area contributed by atoms with E-state index in [9.17, 15) is 4.79 Å². The van der Waals surface area contributed by atoms with Crippen molar-refractivity contribution in [1.82, 2.24) is 25.1 Å². The maximum atomic E-state index is 12.2. The lowest BCUT2D eigenvalue weighted by Crippen LogP contribution is -2.27. The third kappa shape index (κ3) is 4.23. The predicted octanol–water partition coefficient (Wildman–Crippen LogP) is 2.04. The molecule has 1 saturated carbocycles. The molecule has 28 heavy (non-hydrogen) atoms. The second-order valence-corrected chi connectivity index (χ2v) is 7.19. The number of amides is 1. The van der Waals surface area contributed by atoms with Crippen molar-refractivity contribution in [1.29, 1.82) is 0 Å². The number of hydrogen-bond donors (Lipinski definition) is 2. The summed E-state index contributed by atoms with van der Waals surface area (Å²) in [6, 6.07) is 3.56. The van der Waals surface area contributed by atoms with E-state index in [0.29, 0.717) is 40.9 Å². The molecule has 1 fully saturated rings. The Kier molecular flexibility index (Phi) is 5.40. The summed E-state index contributed by atoms with van der Waals surface area (Å²) in [6.07, 6.45) is 7.43. The van der Waals surface area contributed by atoms with Crippen molar-refractivity contribution in [2.75, 3.05) is 19.8 Å². The lowest BCUT2D eigenvalue weighted by Gasteiger charge is -2.08. The summed E-state index contributed by atoms with van der Waals surface area (Å²) >= 11 is 6.29. The van der Waals surface area contributed by atoms with Crippen LogP contribution in [0.2, 0.25) is 5.02 Å². The molecular formula is C19H20ClN5O3. The minimum atomic E-state index is -0.346. The molecule has 3 aromatic heterocycles. The van der Waals surface area contributed by atoms with Gasteiger partial charge in [0.15, 0.2) is 0 Å². The maximum absolute atomic E-state index is 12.2. The predicted molar refractivity (Wildman–Crippen MR) is 104 cm³/mol. The van der Waals surface area contributed by atoms with Gasteiger partial charge in [-0.1, -0.05) is 11.6 Å². The van der Waals surface area contributed by atoms with E-state index in [0.717, 1.165) is 5.56 Å². The SMILES string of the molecule is O=C(NCCO)c1nccc2nn(Cc3cnc(OCC4CC4)c(Cl)c3)cc12. The normalized spacial score (nSPS) is 13.6. The van der Waals surface area contributed by atoms with E-state index in [1.54, 1.807) is 23.1 Å². The zero-order valence-electron chi connectivity index (χ0n) is 15.1. The fraction of sp³-hybridized carbons (Fsp3) is 0.368. The van der Waals surface area contributed by atoms with E-state index >= 15 is 0 Å². The molecule has 0 aromatic carbocycles. The molecule has 0 atom stereocenters. The first-order valence-corrected chi connectivity index (χ1v) is 9.50. The molecule has 3 heterocycles. The summed E-state index contributed by atoms with van der Waals surface area (Å²) < 4.78 is 7.37. The first-order chi connectivity index (χ1) is 13.6. The first-order valence-electron chi connectivity index (χ1n) is 9.12. The molecule has 1 amide bonds. The van der Waals surface area contributed by atoms with E-state index in [4.69, 9.17) is 21.4 Å². The van der Waals surface area contributed by atoms with E-state index < -0.39 is 0 Å². The molecule has 9 heteroatoms. The van der Waals surface area contributed by atoms with Crippen LogP contribution in [-0.4, -0.2) is 50.5 Å². The highest BCUT2D eigenvalue weighted by Crippen LogP contribution is 2.31. The number of nitrogens with zero attached hydrogens (tertiary/aromatic N) is 4. The van der Waals surface area contributed by atoms with Crippen LogP contribution >= 0.6 is 11.6 Å². The topological polar surface area (TPSA) is 102 Å². The van der Waals surface area contributed by atoms with E-state index in [2.05, 4.69) is 20.4 Å². The summed E-state index contributed by atoms with van der Waals surface area (Å²) in [7, 11) is 0. The average molecular weight is 402 g/mol. The highest BCUT2D eigenvalue weighted by atomic mass is 35.5. The number of carbonyl (C=O) groups is 1. The lowest BCUT2D eigenvalue weighted by atomic mass is 10.2. The summed E-state index contributed by atoms with van der Waals surface area (Å²) in [5, 5.41) is 17.1. The number of aliphatic hydroxyl groups is 1. The van der Waals surface area contributed by atoms with Gasteiger partial charge in [0.05, 0.1) is 30.7 Å². The minimum absolute atomic E-state index is 0.130. The Labute approximate surface area is 166 Å². The van der Waals surface area contributed by atoms with Gasteiger partial charge in [-0.2, -0.15) is 5.10 Å². The van der Waals surface area contributed by atoms with Gasteiger partial charge >= 0.3 is 0 Å². The molecule has 146 valence electrons. The van der Waals surface area contributed by atoms with Crippen LogP contribution in [0.5, 0.6) is 5.88 Å². The molecule has 1 aliphatic carbocycles. The number of fused-ring (bicyclic) bond motifs is 1. The molecule has 0 unspecified atom stereocenters. The van der Waals surface area contributed by atoms with E-state index in [1.165, 1.54) is 19.0 Å². The van der Waals surface area contributed by atoms with Crippen LogP contribution in [-0.2, 0) is 6.54 Å². The standard InChI is InChI=1S/C19H20ClN5O3/c20-15-7-13(8-23-19(15)28-11-12-1-2-12)9-25-10-14-16(24-25)3-4-21-17(14)18(27)22-5-6-26/h3-4,7-8,10,12,26H,1-2,5-6,9,11H2,(H,22,27). The highest BCUT2D eigenvalue weighted by Gasteiger charge is 2.22. The summed E-state index contributed by atoms with van der Waals surface area (Å²) in [5.41, 5.74) is 1.81. The Morgan fingerprint density at radius 2 is 2.25 bits per heavy atom. The minimum Gasteiger partial charge on any atom is -0.476 e. The van der Waals surface area contributed by atoms with Crippen LogP contribution in [0.1, 0.15) is 28.9 Å².